The van der Waals surface area contributed by atoms with Crippen LogP contribution in [0.4, 0.5) is 15.0 Å². The minimum absolute atomic E-state index is 0.0252. The Balaban J connectivity index is 2.47. The fourth-order valence-corrected chi connectivity index (χ4v) is 3.76. The molecule has 1 amide bonds. The average molecular weight is 525 g/mol. The van der Waals surface area contributed by atoms with Crippen LogP contribution >= 0.6 is 0 Å². The summed E-state index contributed by atoms with van der Waals surface area (Å²) in [5, 5.41) is 12.2. The first-order valence-electron chi connectivity index (χ1n) is 11.8. The number of carbonyl (C=O) groups is 2. The van der Waals surface area contributed by atoms with Crippen molar-refractivity contribution in [3.05, 3.63) is 64.2 Å². The van der Waals surface area contributed by atoms with E-state index in [-0.39, 0.29) is 47.2 Å². The van der Waals surface area contributed by atoms with Gasteiger partial charge in [0.05, 0.1) is 19.2 Å². The van der Waals surface area contributed by atoms with Crippen molar-refractivity contribution in [3.8, 4) is 6.07 Å². The minimum atomic E-state index is -0.698. The summed E-state index contributed by atoms with van der Waals surface area (Å²) in [6.45, 7) is 6.89. The number of anilines is 1. The molecule has 0 fully saturated rings. The second-order valence-corrected chi connectivity index (χ2v) is 9.54. The number of hydrogen-bond donors (Lipinski definition) is 3. The maximum Gasteiger partial charge on any atom is 0.407 e. The molecule has 0 aliphatic rings. The molecule has 202 valence electrons. The molecule has 38 heavy (non-hydrogen) atoms. The highest BCUT2D eigenvalue weighted by atomic mass is 19.1. The smallest absolute Gasteiger partial charge is 0.407 e. The lowest BCUT2D eigenvalue weighted by molar-refractivity contribution is 0.0531. The molecule has 0 saturated carbocycles. The molecule has 1 unspecified atom stereocenters. The molecule has 0 radical (unpaired) electrons. The maximum absolute atomic E-state index is 14.0. The van der Waals surface area contributed by atoms with Crippen molar-refractivity contribution in [2.75, 3.05) is 26.4 Å². The normalized spacial score (nSPS) is 13.2. The highest BCUT2D eigenvalue weighted by molar-refractivity contribution is 6.32. The first-order chi connectivity index (χ1) is 17.8. The lowest BCUT2D eigenvalue weighted by atomic mass is 9.89. The van der Waals surface area contributed by atoms with Crippen LogP contribution in [0.5, 0.6) is 0 Å². The number of nitrogen functional groups attached to an aromatic ring is 1. The van der Waals surface area contributed by atoms with Gasteiger partial charge < -0.3 is 26.3 Å². The highest BCUT2D eigenvalue weighted by Crippen LogP contribution is 2.29. The number of nitrogens with one attached hydrogen (secondary N) is 1. The largest absolute Gasteiger partial charge is 0.465 e. The molecule has 1 atom stereocenters. The first kappa shape index (κ1) is 29.8. The van der Waals surface area contributed by atoms with Gasteiger partial charge in [-0.15, -0.1) is 0 Å². The zero-order chi connectivity index (χ0) is 28.6. The average Bonchev–Trinajstić information content (AvgIpc) is 2.85. The number of rotatable bonds is 8. The Morgan fingerprint density at radius 1 is 1.29 bits per heavy atom. The van der Waals surface area contributed by atoms with Crippen molar-refractivity contribution < 1.29 is 23.5 Å². The number of nitrogens with two attached hydrogens (primary N) is 2. The van der Waals surface area contributed by atoms with Crippen LogP contribution in [0.25, 0.3) is 5.57 Å². The molecule has 11 heteroatoms. The van der Waals surface area contributed by atoms with Crippen molar-refractivity contribution in [2.45, 2.75) is 45.6 Å². The van der Waals surface area contributed by atoms with Gasteiger partial charge in [0.2, 0.25) is 0 Å². The van der Waals surface area contributed by atoms with E-state index in [1.54, 1.807) is 26.8 Å². The van der Waals surface area contributed by atoms with E-state index >= 15 is 0 Å². The van der Waals surface area contributed by atoms with Gasteiger partial charge in [-0.2, -0.15) is 5.26 Å². The molecule has 10 nitrogen and oxygen atoms in total. The molecule has 0 bridgehead atoms. The van der Waals surface area contributed by atoms with Crippen LogP contribution in [0, 0.1) is 17.1 Å². The van der Waals surface area contributed by atoms with E-state index in [0.29, 0.717) is 16.7 Å². The third-order valence-corrected chi connectivity index (χ3v) is 5.48. The summed E-state index contributed by atoms with van der Waals surface area (Å²) in [4.78, 5) is 32.6. The molecule has 0 spiro atoms. The number of aromatic nitrogens is 1. The van der Waals surface area contributed by atoms with E-state index in [2.05, 4.69) is 15.3 Å². The molecule has 2 rings (SSSR count). The molecule has 1 aromatic heterocycles. The number of ether oxygens (including phenoxy) is 2. The van der Waals surface area contributed by atoms with Gasteiger partial charge in [0, 0.05) is 30.1 Å². The number of aliphatic imine (C=N–C) groups is 1. The van der Waals surface area contributed by atoms with Gasteiger partial charge in [-0.3, -0.25) is 4.99 Å². The third kappa shape index (κ3) is 7.77. The maximum atomic E-state index is 14.0. The quantitative estimate of drug-likeness (QED) is 0.347. The monoisotopic (exact) mass is 524 g/mol. The Morgan fingerprint density at radius 2 is 1.97 bits per heavy atom. The zero-order valence-electron chi connectivity index (χ0n) is 22.4. The molecule has 1 heterocycles. The number of esters is 1. The van der Waals surface area contributed by atoms with Crippen molar-refractivity contribution in [1.82, 2.24) is 10.3 Å². The highest BCUT2D eigenvalue weighted by Gasteiger charge is 2.22. The molecular weight excluding hydrogens is 491 g/mol. The van der Waals surface area contributed by atoms with Crippen LogP contribution in [0.3, 0.4) is 0 Å². The standard InChI is InChI=1S/C27H33FN6O4/c1-15(20-11-18(28)7-8-19(20)25(35)37-6)9-16-10-17(13-33-24(16)31)23(22(12-29)32-5)21(30)14-34-26(36)38-27(2,3)4/h7-8,10-11,13,15H,9,14,30H2,1-6H3,(H2,31,33)(H,34,36). The predicted molar refractivity (Wildman–Crippen MR) is 143 cm³/mol. The van der Waals surface area contributed by atoms with E-state index < -0.39 is 23.5 Å². The summed E-state index contributed by atoms with van der Waals surface area (Å²) in [5.74, 6) is -1.21. The summed E-state index contributed by atoms with van der Waals surface area (Å²) in [7, 11) is 2.70. The second-order valence-electron chi connectivity index (χ2n) is 9.54. The number of halogens is 1. The van der Waals surface area contributed by atoms with Gasteiger partial charge >= 0.3 is 12.1 Å². The lowest BCUT2D eigenvalue weighted by Gasteiger charge is -2.20. The molecule has 5 N–H and O–H groups in total. The van der Waals surface area contributed by atoms with Crippen molar-refractivity contribution in [2.24, 2.45) is 10.7 Å². The number of nitrogens with zero attached hydrogens (tertiary/aromatic N) is 3. The van der Waals surface area contributed by atoms with E-state index in [1.165, 1.54) is 38.6 Å². The molecule has 0 aliphatic heterocycles. The topological polar surface area (TPSA) is 166 Å². The lowest BCUT2D eigenvalue weighted by Crippen LogP contribution is -2.35. The Hall–Kier alpha value is -4.46. The number of alkyl carbamates (subject to hydrolysis) is 1. The Bertz CT molecular complexity index is 1310. The fourth-order valence-electron chi connectivity index (χ4n) is 3.76. The zero-order valence-corrected chi connectivity index (χ0v) is 22.4. The Kier molecular flexibility index (Phi) is 9.93. The first-order valence-corrected chi connectivity index (χ1v) is 11.8. The van der Waals surface area contributed by atoms with Crippen molar-refractivity contribution in [1.29, 1.82) is 5.26 Å². The van der Waals surface area contributed by atoms with Crippen LogP contribution in [-0.4, -0.2) is 49.1 Å². The summed E-state index contributed by atoms with van der Waals surface area (Å²) in [6, 6.07) is 7.56. The van der Waals surface area contributed by atoms with E-state index in [9.17, 15) is 19.2 Å². The van der Waals surface area contributed by atoms with Gasteiger partial charge in [0.1, 0.15) is 29.0 Å². The molecule has 0 aliphatic carbocycles. The van der Waals surface area contributed by atoms with Crippen LogP contribution in [0.2, 0.25) is 0 Å². The summed E-state index contributed by atoms with van der Waals surface area (Å²) >= 11 is 0. The molecule has 2 aromatic rings. The number of nitriles is 1. The van der Waals surface area contributed by atoms with Gasteiger partial charge in [-0.05, 0) is 68.5 Å². The second kappa shape index (κ2) is 12.7. The van der Waals surface area contributed by atoms with Crippen LogP contribution < -0.4 is 16.8 Å². The number of allylic oxidation sites excluding steroid dienone is 1. The van der Waals surface area contributed by atoms with Gasteiger partial charge in [0.25, 0.3) is 0 Å². The molecular formula is C27H33FN6O4. The van der Waals surface area contributed by atoms with Crippen molar-refractivity contribution in [3.63, 3.8) is 0 Å². The predicted octanol–water partition coefficient (Wildman–Crippen LogP) is 3.72. The fraction of sp³-hybridized carbons (Fsp3) is 0.370. The Labute approximate surface area is 221 Å². The van der Waals surface area contributed by atoms with E-state index in [0.717, 1.165) is 0 Å². The van der Waals surface area contributed by atoms with Gasteiger partial charge in [-0.25, -0.2) is 19.0 Å². The molecule has 1 aromatic carbocycles. The third-order valence-electron chi connectivity index (χ3n) is 5.48. The van der Waals surface area contributed by atoms with E-state index in [4.69, 9.17) is 20.9 Å². The number of benzene rings is 1. The number of hydrogen-bond acceptors (Lipinski definition) is 9. The number of amides is 1. The number of methoxy groups -OCH3 is 1. The van der Waals surface area contributed by atoms with Gasteiger partial charge in [0.15, 0.2) is 0 Å². The van der Waals surface area contributed by atoms with Crippen molar-refractivity contribution >= 4 is 29.2 Å². The van der Waals surface area contributed by atoms with Gasteiger partial charge in [-0.1, -0.05) is 6.92 Å². The van der Waals surface area contributed by atoms with Crippen LogP contribution in [0.1, 0.15) is 60.7 Å². The Morgan fingerprint density at radius 3 is 2.55 bits per heavy atom. The molecule has 0 saturated heterocycles. The summed E-state index contributed by atoms with van der Waals surface area (Å²) < 4.78 is 24.1. The number of pyridine rings is 1. The van der Waals surface area contributed by atoms with Crippen LogP contribution in [-0.2, 0) is 15.9 Å². The number of carbonyl (C=O) groups excluding carboxylic acids is 2. The van der Waals surface area contributed by atoms with Crippen LogP contribution in [0.15, 0.2) is 41.2 Å². The van der Waals surface area contributed by atoms with E-state index in [1.807, 2.05) is 13.0 Å². The summed E-state index contributed by atoms with van der Waals surface area (Å²) in [6.07, 6.45) is 1.06. The minimum Gasteiger partial charge on any atom is -0.465 e. The SMILES string of the molecule is CN=C(C#N)C(=C(N)CNC(=O)OC(C)(C)C)c1cnc(N)c(CC(C)c2cc(F)ccc2C(=O)OC)c1. The summed E-state index contributed by atoms with van der Waals surface area (Å²) in [5.41, 5.74) is 13.9.